The molecule has 0 aliphatic carbocycles. The number of aromatic nitrogens is 1. The summed E-state index contributed by atoms with van der Waals surface area (Å²) in [4.78, 5) is 0. The highest BCUT2D eigenvalue weighted by atomic mass is 32.2. The highest BCUT2D eigenvalue weighted by Crippen LogP contribution is 2.11. The number of hydrogen-bond donors (Lipinski definition) is 0. The summed E-state index contributed by atoms with van der Waals surface area (Å²) in [5.74, 6) is 0. The van der Waals surface area contributed by atoms with Gasteiger partial charge in [0.15, 0.2) is 5.03 Å². The quantitative estimate of drug-likeness (QED) is 0.628. The lowest BCUT2D eigenvalue weighted by atomic mass is 10.4. The highest BCUT2D eigenvalue weighted by molar-refractivity contribution is 7.84. The molecule has 3 nitrogen and oxygen atoms in total. The Morgan fingerprint density at radius 3 is 3.00 bits per heavy atom. The predicted molar refractivity (Wildman–Crippen MR) is 39.2 cm³/mol. The van der Waals surface area contributed by atoms with E-state index in [0.29, 0.717) is 10.6 Å². The summed E-state index contributed by atoms with van der Waals surface area (Å²) in [6.45, 7) is 0. The molecule has 1 heterocycles. The summed E-state index contributed by atoms with van der Waals surface area (Å²) in [7, 11) is -1.13. The first kappa shape index (κ1) is 7.38. The van der Waals surface area contributed by atoms with E-state index in [-0.39, 0.29) is 0 Å². The molecule has 1 rings (SSSR count). The van der Waals surface area contributed by atoms with Crippen molar-refractivity contribution in [2.75, 3.05) is 6.26 Å². The van der Waals surface area contributed by atoms with Gasteiger partial charge in [0.1, 0.15) is 6.07 Å². The molecule has 0 amide bonds. The first-order valence-electron chi connectivity index (χ1n) is 2.43. The monoisotopic (exact) mass is 172 g/mol. The van der Waals surface area contributed by atoms with E-state index < -0.39 is 10.8 Å². The predicted octanol–water partition coefficient (Wildman–Crippen LogP) is 0.752. The van der Waals surface area contributed by atoms with Gasteiger partial charge in [0, 0.05) is 11.6 Å². The van der Waals surface area contributed by atoms with E-state index >= 15 is 0 Å². The van der Waals surface area contributed by atoms with Crippen molar-refractivity contribution >= 4 is 22.3 Å². The van der Waals surface area contributed by atoms with Crippen LogP contribution >= 0.6 is 11.5 Å². The van der Waals surface area contributed by atoms with Crippen molar-refractivity contribution in [2.24, 2.45) is 0 Å². The average Bonchev–Trinajstić information content (AvgIpc) is 2.33. The maximum Gasteiger partial charge on any atom is 0.158 e. The zero-order valence-corrected chi connectivity index (χ0v) is 6.83. The van der Waals surface area contributed by atoms with E-state index in [1.165, 1.54) is 6.26 Å². The molecule has 1 atom stereocenters. The lowest BCUT2D eigenvalue weighted by Crippen LogP contribution is -1.89. The molecule has 0 aliphatic heterocycles. The molecule has 0 aliphatic rings. The normalized spacial score (nSPS) is 12.4. The highest BCUT2D eigenvalue weighted by Gasteiger charge is 2.07. The fraction of sp³-hybridized carbons (Fsp3) is 0.200. The van der Waals surface area contributed by atoms with Crippen LogP contribution in [0.15, 0.2) is 10.4 Å². The number of nitriles is 1. The molecule has 0 aromatic carbocycles. The molecular weight excluding hydrogens is 168 g/mol. The maximum absolute atomic E-state index is 10.8. The Morgan fingerprint density at radius 1 is 1.90 bits per heavy atom. The van der Waals surface area contributed by atoms with Crippen molar-refractivity contribution < 1.29 is 4.21 Å². The molecule has 1 unspecified atom stereocenters. The molecule has 0 saturated carbocycles. The average molecular weight is 172 g/mol. The van der Waals surface area contributed by atoms with Gasteiger partial charge in [-0.3, -0.25) is 4.21 Å². The molecule has 0 saturated heterocycles. The third-order valence-electron chi connectivity index (χ3n) is 0.929. The van der Waals surface area contributed by atoms with Crippen LogP contribution in [-0.2, 0) is 10.8 Å². The van der Waals surface area contributed by atoms with E-state index in [2.05, 4.69) is 4.37 Å². The first-order valence-corrected chi connectivity index (χ1v) is 4.83. The summed E-state index contributed by atoms with van der Waals surface area (Å²) in [5, 5.41) is 10.4. The van der Waals surface area contributed by atoms with E-state index in [1.807, 2.05) is 6.07 Å². The minimum absolute atomic E-state index is 0.396. The van der Waals surface area contributed by atoms with Crippen molar-refractivity contribution in [3.05, 3.63) is 10.9 Å². The zero-order valence-electron chi connectivity index (χ0n) is 5.20. The van der Waals surface area contributed by atoms with Gasteiger partial charge in [-0.25, -0.2) is 0 Å². The summed E-state index contributed by atoms with van der Waals surface area (Å²) >= 11 is 1.15. The lowest BCUT2D eigenvalue weighted by molar-refractivity contribution is 0.685. The summed E-state index contributed by atoms with van der Waals surface area (Å²) in [6, 6.07) is 1.91. The molecule has 0 radical (unpaired) electrons. The van der Waals surface area contributed by atoms with Crippen molar-refractivity contribution in [1.29, 1.82) is 5.26 Å². The SMILES string of the molecule is CS(=O)c1nscc1C#N. The molecule has 10 heavy (non-hydrogen) atoms. The van der Waals surface area contributed by atoms with Crippen molar-refractivity contribution in [2.45, 2.75) is 5.03 Å². The van der Waals surface area contributed by atoms with Crippen LogP contribution in [0.2, 0.25) is 0 Å². The topological polar surface area (TPSA) is 53.8 Å². The Balaban J connectivity index is 3.17. The molecule has 5 heteroatoms. The van der Waals surface area contributed by atoms with E-state index in [0.717, 1.165) is 11.5 Å². The molecule has 0 spiro atoms. The van der Waals surface area contributed by atoms with E-state index in [9.17, 15) is 4.21 Å². The number of nitrogens with zero attached hydrogens (tertiary/aromatic N) is 2. The standard InChI is InChI=1S/C5H4N2OS2/c1-10(8)5-4(2-6)3-9-7-5/h3H,1H3. The van der Waals surface area contributed by atoms with Crippen LogP contribution in [0.25, 0.3) is 0 Å². The smallest absolute Gasteiger partial charge is 0.158 e. The van der Waals surface area contributed by atoms with Crippen LogP contribution in [0.5, 0.6) is 0 Å². The van der Waals surface area contributed by atoms with Gasteiger partial charge in [-0.1, -0.05) is 0 Å². The molecule has 0 fully saturated rings. The fourth-order valence-corrected chi connectivity index (χ4v) is 2.06. The van der Waals surface area contributed by atoms with Crippen molar-refractivity contribution in [3.8, 4) is 6.07 Å². The molecule has 0 bridgehead atoms. The van der Waals surface area contributed by atoms with Gasteiger partial charge in [0.05, 0.1) is 16.4 Å². The Bertz CT molecular complexity index is 299. The van der Waals surface area contributed by atoms with E-state index in [1.54, 1.807) is 5.38 Å². The third-order valence-corrected chi connectivity index (χ3v) is 2.53. The third kappa shape index (κ3) is 1.23. The minimum Gasteiger partial charge on any atom is -0.253 e. The fourth-order valence-electron chi connectivity index (χ4n) is 0.508. The van der Waals surface area contributed by atoms with Gasteiger partial charge in [0.2, 0.25) is 0 Å². The van der Waals surface area contributed by atoms with Crippen LogP contribution in [0.1, 0.15) is 5.56 Å². The second-order valence-corrected chi connectivity index (χ2v) is 3.52. The summed E-state index contributed by atoms with van der Waals surface area (Å²) in [6.07, 6.45) is 1.51. The maximum atomic E-state index is 10.8. The minimum atomic E-state index is -1.13. The zero-order chi connectivity index (χ0) is 7.56. The van der Waals surface area contributed by atoms with E-state index in [4.69, 9.17) is 5.26 Å². The van der Waals surface area contributed by atoms with Crippen LogP contribution in [0, 0.1) is 11.3 Å². The van der Waals surface area contributed by atoms with Gasteiger partial charge in [-0.15, -0.1) is 0 Å². The van der Waals surface area contributed by atoms with Gasteiger partial charge in [0.25, 0.3) is 0 Å². The molecule has 52 valence electrons. The van der Waals surface area contributed by atoms with Crippen molar-refractivity contribution in [3.63, 3.8) is 0 Å². The molecule has 1 aromatic heterocycles. The summed E-state index contributed by atoms with van der Waals surface area (Å²) in [5.41, 5.74) is 0.422. The number of rotatable bonds is 1. The largest absolute Gasteiger partial charge is 0.253 e. The van der Waals surface area contributed by atoms with Gasteiger partial charge in [-0.05, 0) is 11.5 Å². The van der Waals surface area contributed by atoms with Crippen LogP contribution in [0.3, 0.4) is 0 Å². The van der Waals surface area contributed by atoms with Crippen LogP contribution < -0.4 is 0 Å². The van der Waals surface area contributed by atoms with Gasteiger partial charge >= 0.3 is 0 Å². The van der Waals surface area contributed by atoms with Crippen LogP contribution in [-0.4, -0.2) is 14.8 Å². The Morgan fingerprint density at radius 2 is 2.60 bits per heavy atom. The van der Waals surface area contributed by atoms with Crippen LogP contribution in [0.4, 0.5) is 0 Å². The van der Waals surface area contributed by atoms with Gasteiger partial charge in [-0.2, -0.15) is 9.64 Å². The lowest BCUT2D eigenvalue weighted by Gasteiger charge is -1.85. The van der Waals surface area contributed by atoms with Gasteiger partial charge < -0.3 is 0 Å². The first-order chi connectivity index (χ1) is 4.75. The molecular formula is C5H4N2OS2. The Kier molecular flexibility index (Phi) is 2.14. The summed E-state index contributed by atoms with van der Waals surface area (Å²) < 4.78 is 14.6. The Labute approximate surface area is 64.9 Å². The molecule has 1 aromatic rings. The second kappa shape index (κ2) is 2.90. The number of hydrogen-bond acceptors (Lipinski definition) is 4. The Hall–Kier alpha value is -0.730. The second-order valence-electron chi connectivity index (χ2n) is 1.60. The molecule has 0 N–H and O–H groups in total. The van der Waals surface area contributed by atoms with Crippen molar-refractivity contribution in [1.82, 2.24) is 4.37 Å².